The largest absolute Gasteiger partial charge is 0.397 e. The molecule has 1 aromatic heterocycles. The van der Waals surface area contributed by atoms with Gasteiger partial charge in [0.1, 0.15) is 10.8 Å². The Labute approximate surface area is 101 Å². The topological polar surface area (TPSA) is 50.9 Å². The van der Waals surface area contributed by atoms with E-state index in [4.69, 9.17) is 17.3 Å². The Morgan fingerprint density at radius 1 is 1.50 bits per heavy atom. The molecule has 0 atom stereocenters. The van der Waals surface area contributed by atoms with E-state index in [0.717, 1.165) is 5.01 Å². The van der Waals surface area contributed by atoms with Crippen LogP contribution in [0.4, 0.5) is 15.8 Å². The van der Waals surface area contributed by atoms with Gasteiger partial charge in [-0.3, -0.25) is 0 Å². The number of thiazole rings is 1. The standard InChI is InChI=1S/C10H9ClFN3S/c11-6-3-8(13)9(4-7(6)12)15-5-10-14-1-2-16-10/h1-4,15H,5,13H2. The highest BCUT2D eigenvalue weighted by Gasteiger charge is 2.06. The second kappa shape index (κ2) is 4.67. The zero-order chi connectivity index (χ0) is 11.5. The Morgan fingerprint density at radius 3 is 3.00 bits per heavy atom. The first-order valence-corrected chi connectivity index (χ1v) is 5.79. The van der Waals surface area contributed by atoms with Crippen molar-refractivity contribution in [3.63, 3.8) is 0 Å². The number of nitrogen functional groups attached to an aromatic ring is 1. The predicted molar refractivity (Wildman–Crippen MR) is 65.3 cm³/mol. The van der Waals surface area contributed by atoms with Crippen molar-refractivity contribution >= 4 is 34.3 Å². The van der Waals surface area contributed by atoms with E-state index in [1.807, 2.05) is 5.38 Å². The van der Waals surface area contributed by atoms with E-state index < -0.39 is 5.82 Å². The highest BCUT2D eigenvalue weighted by Crippen LogP contribution is 2.26. The first kappa shape index (κ1) is 11.2. The van der Waals surface area contributed by atoms with Crippen LogP contribution in [0, 0.1) is 5.82 Å². The summed E-state index contributed by atoms with van der Waals surface area (Å²) in [5, 5.41) is 5.82. The predicted octanol–water partition coefficient (Wildman–Crippen LogP) is 3.13. The molecule has 3 nitrogen and oxygen atoms in total. The summed E-state index contributed by atoms with van der Waals surface area (Å²) >= 11 is 7.11. The van der Waals surface area contributed by atoms with Crippen LogP contribution >= 0.6 is 22.9 Å². The molecule has 84 valence electrons. The minimum Gasteiger partial charge on any atom is -0.397 e. The average molecular weight is 258 g/mol. The van der Waals surface area contributed by atoms with Crippen molar-refractivity contribution in [3.05, 3.63) is 39.6 Å². The summed E-state index contributed by atoms with van der Waals surface area (Å²) in [4.78, 5) is 4.10. The minimum absolute atomic E-state index is 0.0253. The third-order valence-corrected chi connectivity index (χ3v) is 3.08. The smallest absolute Gasteiger partial charge is 0.143 e. The maximum absolute atomic E-state index is 13.2. The fourth-order valence-electron chi connectivity index (χ4n) is 1.23. The lowest BCUT2D eigenvalue weighted by molar-refractivity contribution is 0.629. The molecule has 0 spiro atoms. The second-order valence-corrected chi connectivity index (χ2v) is 4.52. The van der Waals surface area contributed by atoms with E-state index in [1.54, 1.807) is 6.20 Å². The van der Waals surface area contributed by atoms with Crippen LogP contribution in [0.15, 0.2) is 23.7 Å². The number of rotatable bonds is 3. The van der Waals surface area contributed by atoms with E-state index in [1.165, 1.54) is 23.5 Å². The molecular formula is C10H9ClFN3S. The van der Waals surface area contributed by atoms with Gasteiger partial charge in [0.25, 0.3) is 0 Å². The van der Waals surface area contributed by atoms with Gasteiger partial charge in [-0.25, -0.2) is 9.37 Å². The summed E-state index contributed by atoms with van der Waals surface area (Å²) in [6.07, 6.45) is 1.72. The molecular weight excluding hydrogens is 249 g/mol. The maximum atomic E-state index is 13.2. The number of nitrogens with one attached hydrogen (secondary N) is 1. The summed E-state index contributed by atoms with van der Waals surface area (Å²) in [6, 6.07) is 2.67. The van der Waals surface area contributed by atoms with Crippen LogP contribution in [0.2, 0.25) is 5.02 Å². The number of benzene rings is 1. The van der Waals surface area contributed by atoms with Gasteiger partial charge in [0.15, 0.2) is 0 Å². The van der Waals surface area contributed by atoms with Crippen molar-refractivity contribution in [2.24, 2.45) is 0 Å². The molecule has 0 bridgehead atoms. The lowest BCUT2D eigenvalue weighted by Gasteiger charge is -2.08. The van der Waals surface area contributed by atoms with Crippen LogP contribution in [-0.2, 0) is 6.54 Å². The van der Waals surface area contributed by atoms with Crippen molar-refractivity contribution in [1.29, 1.82) is 0 Å². The molecule has 0 saturated carbocycles. The molecule has 0 aliphatic carbocycles. The normalized spacial score (nSPS) is 10.4. The highest BCUT2D eigenvalue weighted by molar-refractivity contribution is 7.09. The van der Waals surface area contributed by atoms with Gasteiger partial charge in [-0.05, 0) is 6.07 Å². The average Bonchev–Trinajstić information content (AvgIpc) is 2.74. The van der Waals surface area contributed by atoms with Crippen molar-refractivity contribution < 1.29 is 4.39 Å². The summed E-state index contributed by atoms with van der Waals surface area (Å²) in [7, 11) is 0. The first-order valence-electron chi connectivity index (χ1n) is 4.53. The van der Waals surface area contributed by atoms with Crippen molar-refractivity contribution in [2.45, 2.75) is 6.54 Å². The molecule has 2 rings (SSSR count). The SMILES string of the molecule is Nc1cc(Cl)c(F)cc1NCc1nccs1. The van der Waals surface area contributed by atoms with Crippen molar-refractivity contribution in [2.75, 3.05) is 11.1 Å². The fourth-order valence-corrected chi connectivity index (χ4v) is 1.95. The molecule has 6 heteroatoms. The molecule has 1 heterocycles. The number of nitrogens with zero attached hydrogens (tertiary/aromatic N) is 1. The number of nitrogens with two attached hydrogens (primary N) is 1. The number of anilines is 2. The van der Waals surface area contributed by atoms with Crippen LogP contribution in [0.25, 0.3) is 0 Å². The van der Waals surface area contributed by atoms with Gasteiger partial charge in [0, 0.05) is 17.6 Å². The summed E-state index contributed by atoms with van der Waals surface area (Å²) in [5.74, 6) is -0.488. The first-order chi connectivity index (χ1) is 7.66. The molecule has 1 aromatic carbocycles. The highest BCUT2D eigenvalue weighted by atomic mass is 35.5. The summed E-state index contributed by atoms with van der Waals surface area (Å²) in [5.41, 5.74) is 6.64. The van der Waals surface area contributed by atoms with Gasteiger partial charge < -0.3 is 11.1 Å². The van der Waals surface area contributed by atoms with Gasteiger partial charge in [0.05, 0.1) is 22.9 Å². The maximum Gasteiger partial charge on any atom is 0.143 e. The van der Waals surface area contributed by atoms with Gasteiger partial charge >= 0.3 is 0 Å². The number of halogens is 2. The Balaban J connectivity index is 2.12. The lowest BCUT2D eigenvalue weighted by atomic mass is 10.2. The van der Waals surface area contributed by atoms with E-state index >= 15 is 0 Å². The fraction of sp³-hybridized carbons (Fsp3) is 0.100. The number of hydrogen-bond acceptors (Lipinski definition) is 4. The van der Waals surface area contributed by atoms with Crippen molar-refractivity contribution in [1.82, 2.24) is 4.98 Å². The number of hydrogen-bond donors (Lipinski definition) is 2. The van der Waals surface area contributed by atoms with E-state index in [0.29, 0.717) is 17.9 Å². The zero-order valence-electron chi connectivity index (χ0n) is 8.21. The molecule has 0 amide bonds. The van der Waals surface area contributed by atoms with E-state index in [-0.39, 0.29) is 5.02 Å². The van der Waals surface area contributed by atoms with E-state index in [2.05, 4.69) is 10.3 Å². The Kier molecular flexibility index (Phi) is 3.26. The molecule has 16 heavy (non-hydrogen) atoms. The quantitative estimate of drug-likeness (QED) is 0.831. The monoisotopic (exact) mass is 257 g/mol. The molecule has 0 unspecified atom stereocenters. The summed E-state index contributed by atoms with van der Waals surface area (Å²) in [6.45, 7) is 0.517. The van der Waals surface area contributed by atoms with Crippen molar-refractivity contribution in [3.8, 4) is 0 Å². The van der Waals surface area contributed by atoms with E-state index in [9.17, 15) is 4.39 Å². The third-order valence-electron chi connectivity index (χ3n) is 2.01. The van der Waals surface area contributed by atoms with Crippen LogP contribution < -0.4 is 11.1 Å². The second-order valence-electron chi connectivity index (χ2n) is 3.13. The van der Waals surface area contributed by atoms with Crippen LogP contribution in [-0.4, -0.2) is 4.98 Å². The molecule has 0 aliphatic rings. The lowest BCUT2D eigenvalue weighted by Crippen LogP contribution is -2.02. The van der Waals surface area contributed by atoms with Crippen LogP contribution in [0.5, 0.6) is 0 Å². The van der Waals surface area contributed by atoms with Gasteiger partial charge in [0.2, 0.25) is 0 Å². The van der Waals surface area contributed by atoms with Gasteiger partial charge in [-0.15, -0.1) is 11.3 Å². The van der Waals surface area contributed by atoms with Gasteiger partial charge in [-0.2, -0.15) is 0 Å². The molecule has 3 N–H and O–H groups in total. The summed E-state index contributed by atoms with van der Waals surface area (Å²) < 4.78 is 13.2. The molecule has 0 radical (unpaired) electrons. The van der Waals surface area contributed by atoms with Crippen LogP contribution in [0.3, 0.4) is 0 Å². The van der Waals surface area contributed by atoms with Gasteiger partial charge in [-0.1, -0.05) is 11.6 Å². The molecule has 0 fully saturated rings. The van der Waals surface area contributed by atoms with Crippen LogP contribution in [0.1, 0.15) is 5.01 Å². The molecule has 2 aromatic rings. The molecule has 0 saturated heterocycles. The minimum atomic E-state index is -0.488. The Hall–Kier alpha value is -1.33. The third kappa shape index (κ3) is 2.43. The molecule has 0 aliphatic heterocycles. The zero-order valence-corrected chi connectivity index (χ0v) is 9.78. The number of aromatic nitrogens is 1. The Bertz CT molecular complexity index is 487. The Morgan fingerprint density at radius 2 is 2.31 bits per heavy atom.